The molecule has 134 valence electrons. The number of hydrogen-bond acceptors (Lipinski definition) is 5. The highest BCUT2D eigenvalue weighted by molar-refractivity contribution is 6.20. The van der Waals surface area contributed by atoms with Crippen LogP contribution in [0.4, 0.5) is 0 Å². The molecule has 1 heterocycles. The van der Waals surface area contributed by atoms with Gasteiger partial charge in [-0.1, -0.05) is 41.5 Å². The largest absolute Gasteiger partial charge is 0.497 e. The number of amides is 2. The van der Waals surface area contributed by atoms with Gasteiger partial charge in [-0.25, -0.2) is 4.79 Å². The fraction of sp³-hybridized carbons (Fsp3) is 0.0952. The Hall–Kier alpha value is -3.67. The van der Waals surface area contributed by atoms with Crippen LogP contribution in [0.2, 0.25) is 0 Å². The maximum Gasteiger partial charge on any atom is 0.337 e. The highest BCUT2D eigenvalue weighted by Crippen LogP contribution is 2.24. The molecule has 4 rings (SSSR count). The van der Waals surface area contributed by atoms with Crippen molar-refractivity contribution in [1.29, 1.82) is 0 Å². The monoisotopic (exact) mass is 361 g/mol. The smallest absolute Gasteiger partial charge is 0.337 e. The van der Waals surface area contributed by atoms with Crippen molar-refractivity contribution < 1.29 is 24.0 Å². The van der Waals surface area contributed by atoms with Gasteiger partial charge in [-0.05, 0) is 40.6 Å². The van der Waals surface area contributed by atoms with Gasteiger partial charge in [-0.3, -0.25) is 9.59 Å². The minimum absolute atomic E-state index is 0.0601. The van der Waals surface area contributed by atoms with E-state index in [1.165, 1.54) is 12.1 Å². The highest BCUT2D eigenvalue weighted by atomic mass is 16.7. The lowest BCUT2D eigenvalue weighted by Crippen LogP contribution is -2.33. The normalized spacial score (nSPS) is 13.0. The number of hydroxylamine groups is 2. The third kappa shape index (κ3) is 3.01. The molecule has 0 N–H and O–H groups in total. The molecule has 3 aromatic carbocycles. The van der Waals surface area contributed by atoms with Crippen LogP contribution < -0.4 is 4.74 Å². The number of fused-ring (bicyclic) bond motifs is 2. The van der Waals surface area contributed by atoms with Gasteiger partial charge in [-0.2, -0.15) is 0 Å². The number of carbonyl (C=O) groups is 3. The average molecular weight is 361 g/mol. The predicted octanol–water partition coefficient (Wildman–Crippen LogP) is 3.15. The van der Waals surface area contributed by atoms with Crippen molar-refractivity contribution in [3.8, 4) is 5.75 Å². The average Bonchev–Trinajstić information content (AvgIpc) is 2.92. The molecular weight excluding hydrogens is 346 g/mol. The van der Waals surface area contributed by atoms with E-state index in [2.05, 4.69) is 0 Å². The van der Waals surface area contributed by atoms with Crippen LogP contribution in [-0.2, 0) is 16.1 Å². The number of imide groups is 1. The predicted molar refractivity (Wildman–Crippen MR) is 97.2 cm³/mol. The maximum atomic E-state index is 12.3. The molecule has 6 nitrogen and oxygen atoms in total. The van der Waals surface area contributed by atoms with E-state index in [0.29, 0.717) is 10.6 Å². The van der Waals surface area contributed by atoms with E-state index in [-0.39, 0.29) is 17.5 Å². The summed E-state index contributed by atoms with van der Waals surface area (Å²) in [7, 11) is 1.60. The summed E-state index contributed by atoms with van der Waals surface area (Å²) in [6.45, 7) is 0. The van der Waals surface area contributed by atoms with E-state index in [9.17, 15) is 14.4 Å². The summed E-state index contributed by atoms with van der Waals surface area (Å²) in [5.74, 6) is -1.19. The Labute approximate surface area is 154 Å². The maximum absolute atomic E-state index is 12.3. The Morgan fingerprint density at radius 2 is 1.52 bits per heavy atom. The summed E-state index contributed by atoms with van der Waals surface area (Å²) in [5, 5.41) is 2.45. The first-order chi connectivity index (χ1) is 13.1. The molecule has 0 aliphatic carbocycles. The van der Waals surface area contributed by atoms with Crippen molar-refractivity contribution in [3.05, 3.63) is 77.4 Å². The van der Waals surface area contributed by atoms with Gasteiger partial charge in [0.2, 0.25) is 0 Å². The van der Waals surface area contributed by atoms with Crippen molar-refractivity contribution in [2.45, 2.75) is 6.42 Å². The highest BCUT2D eigenvalue weighted by Gasteiger charge is 2.38. The van der Waals surface area contributed by atoms with Crippen molar-refractivity contribution in [3.63, 3.8) is 0 Å². The molecule has 0 aromatic heterocycles. The number of hydrogen-bond donors (Lipinski definition) is 0. The van der Waals surface area contributed by atoms with Crippen LogP contribution in [0, 0.1) is 0 Å². The molecule has 6 heteroatoms. The summed E-state index contributed by atoms with van der Waals surface area (Å²) in [6, 6.07) is 17.5. The Balaban J connectivity index is 1.49. The molecule has 0 spiro atoms. The van der Waals surface area contributed by atoms with Crippen LogP contribution in [0.5, 0.6) is 5.75 Å². The van der Waals surface area contributed by atoms with Gasteiger partial charge in [0.25, 0.3) is 11.8 Å². The second-order valence-electron chi connectivity index (χ2n) is 6.14. The van der Waals surface area contributed by atoms with Gasteiger partial charge >= 0.3 is 5.97 Å². The first-order valence-corrected chi connectivity index (χ1v) is 8.32. The van der Waals surface area contributed by atoms with E-state index < -0.39 is 17.8 Å². The van der Waals surface area contributed by atoms with Gasteiger partial charge < -0.3 is 9.57 Å². The summed E-state index contributed by atoms with van der Waals surface area (Å²) in [4.78, 5) is 41.8. The van der Waals surface area contributed by atoms with Crippen LogP contribution in [0.3, 0.4) is 0 Å². The summed E-state index contributed by atoms with van der Waals surface area (Å²) in [5.41, 5.74) is 1.18. The zero-order valence-electron chi connectivity index (χ0n) is 14.5. The number of methoxy groups -OCH3 is 1. The molecule has 1 aliphatic heterocycles. The zero-order chi connectivity index (χ0) is 19.0. The fourth-order valence-corrected chi connectivity index (χ4v) is 3.06. The molecule has 0 saturated carbocycles. The molecule has 0 unspecified atom stereocenters. The first-order valence-electron chi connectivity index (χ1n) is 8.32. The number of benzene rings is 3. The van der Waals surface area contributed by atoms with E-state index >= 15 is 0 Å². The molecule has 0 radical (unpaired) electrons. The molecule has 3 aromatic rings. The summed E-state index contributed by atoms with van der Waals surface area (Å²) >= 11 is 0. The van der Waals surface area contributed by atoms with Crippen molar-refractivity contribution in [2.24, 2.45) is 0 Å². The van der Waals surface area contributed by atoms with Crippen LogP contribution in [0.25, 0.3) is 10.8 Å². The lowest BCUT2D eigenvalue weighted by atomic mass is 10.0. The molecule has 2 amide bonds. The molecule has 0 fully saturated rings. The molecule has 27 heavy (non-hydrogen) atoms. The van der Waals surface area contributed by atoms with Gasteiger partial charge in [0.1, 0.15) is 5.75 Å². The number of rotatable bonds is 4. The molecule has 0 bridgehead atoms. The lowest BCUT2D eigenvalue weighted by Gasteiger charge is -2.13. The van der Waals surface area contributed by atoms with Crippen LogP contribution in [0.15, 0.2) is 60.7 Å². The minimum atomic E-state index is -0.683. The molecular formula is C21H15NO5. The number of ether oxygens (including phenoxy) is 1. The van der Waals surface area contributed by atoms with Crippen molar-refractivity contribution >= 4 is 28.6 Å². The standard InChI is InChI=1S/C21H15NO5/c1-26-16-9-8-14-10-13(6-7-15(14)12-16)11-19(23)27-22-20(24)17-4-2-3-5-18(17)21(22)25/h2-10,12H,11H2,1H3. The second-order valence-corrected chi connectivity index (χ2v) is 6.14. The van der Waals surface area contributed by atoms with Gasteiger partial charge in [0, 0.05) is 0 Å². The Morgan fingerprint density at radius 3 is 2.19 bits per heavy atom. The Bertz CT molecular complexity index is 1050. The molecule has 1 aliphatic rings. The molecule has 0 atom stereocenters. The lowest BCUT2D eigenvalue weighted by molar-refractivity contribution is -0.167. The van der Waals surface area contributed by atoms with E-state index in [1.54, 1.807) is 25.3 Å². The van der Waals surface area contributed by atoms with Gasteiger partial charge in [0.15, 0.2) is 0 Å². The van der Waals surface area contributed by atoms with Crippen LogP contribution in [0.1, 0.15) is 26.3 Å². The van der Waals surface area contributed by atoms with Crippen molar-refractivity contribution in [1.82, 2.24) is 5.06 Å². The summed E-state index contributed by atoms with van der Waals surface area (Å²) < 4.78 is 5.19. The van der Waals surface area contributed by atoms with Crippen molar-refractivity contribution in [2.75, 3.05) is 7.11 Å². The SMILES string of the molecule is COc1ccc2cc(CC(=O)ON3C(=O)c4ccccc4C3=O)ccc2c1. The third-order valence-electron chi connectivity index (χ3n) is 4.41. The quantitative estimate of drug-likeness (QED) is 0.668. The van der Waals surface area contributed by atoms with Crippen LogP contribution in [-0.4, -0.2) is 30.0 Å². The minimum Gasteiger partial charge on any atom is -0.497 e. The molecule has 0 saturated heterocycles. The Kier molecular flexibility index (Phi) is 4.08. The topological polar surface area (TPSA) is 72.9 Å². The zero-order valence-corrected chi connectivity index (χ0v) is 14.5. The third-order valence-corrected chi connectivity index (χ3v) is 4.41. The number of carbonyl (C=O) groups excluding carboxylic acids is 3. The second kappa shape index (κ2) is 6.57. The van der Waals surface area contributed by atoms with E-state index in [0.717, 1.165) is 16.5 Å². The first kappa shape index (κ1) is 16.8. The van der Waals surface area contributed by atoms with E-state index in [1.807, 2.05) is 30.3 Å². The summed E-state index contributed by atoms with van der Waals surface area (Å²) in [6.07, 6.45) is -0.0601. The number of nitrogens with zero attached hydrogens (tertiary/aromatic N) is 1. The van der Waals surface area contributed by atoms with Gasteiger partial charge in [0.05, 0.1) is 24.7 Å². The fourth-order valence-electron chi connectivity index (χ4n) is 3.06. The van der Waals surface area contributed by atoms with E-state index in [4.69, 9.17) is 9.57 Å². The Morgan fingerprint density at radius 1 is 0.889 bits per heavy atom. The van der Waals surface area contributed by atoms with Crippen LogP contribution >= 0.6 is 0 Å². The van der Waals surface area contributed by atoms with Gasteiger partial charge in [-0.15, -0.1) is 0 Å².